The Hall–Kier alpha value is -1.32. The molecule has 0 saturated heterocycles. The van der Waals surface area contributed by atoms with E-state index in [1.54, 1.807) is 18.1 Å². The minimum absolute atomic E-state index is 0.0353. The van der Waals surface area contributed by atoms with Gasteiger partial charge in [0.15, 0.2) is 0 Å². The SMILES string of the molecule is CCCN(C)C(=O)c1cn[nH]c1C. The van der Waals surface area contributed by atoms with Crippen LogP contribution in [-0.4, -0.2) is 34.6 Å². The van der Waals surface area contributed by atoms with Gasteiger partial charge in [-0.05, 0) is 13.3 Å². The highest BCUT2D eigenvalue weighted by Crippen LogP contribution is 2.06. The van der Waals surface area contributed by atoms with Crippen LogP contribution in [0.3, 0.4) is 0 Å². The molecule has 0 aliphatic carbocycles. The average Bonchev–Trinajstić information content (AvgIpc) is 2.50. The molecule has 1 aromatic heterocycles. The standard InChI is InChI=1S/C9H15N3O/c1-4-5-12(3)9(13)8-6-10-11-7(8)2/h6H,4-5H2,1-3H3,(H,10,11). The first-order valence-electron chi connectivity index (χ1n) is 4.42. The summed E-state index contributed by atoms with van der Waals surface area (Å²) in [6.07, 6.45) is 2.54. The van der Waals surface area contributed by atoms with Gasteiger partial charge in [0.1, 0.15) is 0 Å². The molecule has 0 fully saturated rings. The summed E-state index contributed by atoms with van der Waals surface area (Å²) in [7, 11) is 1.80. The molecule has 72 valence electrons. The second-order valence-electron chi connectivity index (χ2n) is 3.14. The summed E-state index contributed by atoms with van der Waals surface area (Å²) >= 11 is 0. The van der Waals surface area contributed by atoms with E-state index in [1.807, 2.05) is 13.8 Å². The second kappa shape index (κ2) is 4.07. The molecule has 13 heavy (non-hydrogen) atoms. The van der Waals surface area contributed by atoms with Crippen molar-refractivity contribution in [2.45, 2.75) is 20.3 Å². The van der Waals surface area contributed by atoms with E-state index in [0.29, 0.717) is 5.56 Å². The third kappa shape index (κ3) is 2.08. The van der Waals surface area contributed by atoms with Gasteiger partial charge >= 0.3 is 0 Å². The molecule has 0 unspecified atom stereocenters. The Labute approximate surface area is 77.9 Å². The van der Waals surface area contributed by atoms with Crippen LogP contribution in [0.2, 0.25) is 0 Å². The van der Waals surface area contributed by atoms with Crippen molar-refractivity contribution < 1.29 is 4.79 Å². The largest absolute Gasteiger partial charge is 0.342 e. The summed E-state index contributed by atoms with van der Waals surface area (Å²) in [5, 5.41) is 6.56. The van der Waals surface area contributed by atoms with Gasteiger partial charge in [0.2, 0.25) is 0 Å². The lowest BCUT2D eigenvalue weighted by Gasteiger charge is -2.14. The zero-order valence-corrected chi connectivity index (χ0v) is 8.29. The number of nitrogens with zero attached hydrogens (tertiary/aromatic N) is 2. The van der Waals surface area contributed by atoms with E-state index in [9.17, 15) is 4.79 Å². The molecule has 1 rings (SSSR count). The lowest BCUT2D eigenvalue weighted by Crippen LogP contribution is -2.27. The van der Waals surface area contributed by atoms with E-state index in [0.717, 1.165) is 18.7 Å². The molecule has 0 aromatic carbocycles. The highest BCUT2D eigenvalue weighted by atomic mass is 16.2. The average molecular weight is 181 g/mol. The minimum Gasteiger partial charge on any atom is -0.342 e. The molecule has 0 radical (unpaired) electrons. The fourth-order valence-electron chi connectivity index (χ4n) is 1.21. The Bertz CT molecular complexity index is 293. The molecule has 0 atom stereocenters. The van der Waals surface area contributed by atoms with Crippen LogP contribution in [0, 0.1) is 6.92 Å². The number of aromatic amines is 1. The number of amides is 1. The van der Waals surface area contributed by atoms with E-state index in [1.165, 1.54) is 0 Å². The number of aryl methyl sites for hydroxylation is 1. The molecule has 1 aromatic rings. The number of hydrogen-bond acceptors (Lipinski definition) is 2. The van der Waals surface area contributed by atoms with Crippen molar-refractivity contribution >= 4 is 5.91 Å². The maximum atomic E-state index is 11.7. The van der Waals surface area contributed by atoms with Gasteiger partial charge in [-0.1, -0.05) is 6.92 Å². The van der Waals surface area contributed by atoms with Crippen molar-refractivity contribution in [2.75, 3.05) is 13.6 Å². The Morgan fingerprint density at radius 1 is 1.69 bits per heavy atom. The van der Waals surface area contributed by atoms with Gasteiger partial charge in [-0.25, -0.2) is 0 Å². The van der Waals surface area contributed by atoms with Crippen LogP contribution in [0.5, 0.6) is 0 Å². The van der Waals surface area contributed by atoms with Gasteiger partial charge in [-0.2, -0.15) is 5.10 Å². The minimum atomic E-state index is 0.0353. The van der Waals surface area contributed by atoms with Crippen molar-refractivity contribution in [3.8, 4) is 0 Å². The van der Waals surface area contributed by atoms with E-state index in [-0.39, 0.29) is 5.91 Å². The van der Waals surface area contributed by atoms with Gasteiger partial charge in [-0.15, -0.1) is 0 Å². The molecule has 0 spiro atoms. The summed E-state index contributed by atoms with van der Waals surface area (Å²) in [4.78, 5) is 13.4. The van der Waals surface area contributed by atoms with Crippen molar-refractivity contribution in [1.82, 2.24) is 15.1 Å². The number of nitrogens with one attached hydrogen (secondary N) is 1. The maximum absolute atomic E-state index is 11.7. The van der Waals surface area contributed by atoms with Crippen LogP contribution < -0.4 is 0 Å². The predicted octanol–water partition coefficient (Wildman–Crippen LogP) is 1.20. The van der Waals surface area contributed by atoms with Crippen molar-refractivity contribution in [3.63, 3.8) is 0 Å². The van der Waals surface area contributed by atoms with Crippen LogP contribution in [-0.2, 0) is 0 Å². The summed E-state index contributed by atoms with van der Waals surface area (Å²) < 4.78 is 0. The van der Waals surface area contributed by atoms with E-state index in [2.05, 4.69) is 10.2 Å². The van der Waals surface area contributed by atoms with E-state index < -0.39 is 0 Å². The third-order valence-corrected chi connectivity index (χ3v) is 1.97. The Kier molecular flexibility index (Phi) is 3.06. The molecule has 4 heteroatoms. The molecule has 0 bridgehead atoms. The number of carbonyl (C=O) groups is 1. The molecule has 0 aliphatic heterocycles. The number of hydrogen-bond donors (Lipinski definition) is 1. The molecule has 0 aliphatic rings. The first-order valence-corrected chi connectivity index (χ1v) is 4.42. The molecule has 0 saturated carbocycles. The summed E-state index contributed by atoms with van der Waals surface area (Å²) in [6, 6.07) is 0. The van der Waals surface area contributed by atoms with Gasteiger partial charge in [-0.3, -0.25) is 9.89 Å². The second-order valence-corrected chi connectivity index (χ2v) is 3.14. The van der Waals surface area contributed by atoms with Crippen molar-refractivity contribution in [3.05, 3.63) is 17.5 Å². The normalized spacial score (nSPS) is 10.1. The van der Waals surface area contributed by atoms with Crippen LogP contribution in [0.1, 0.15) is 29.4 Å². The first-order chi connectivity index (χ1) is 6.16. The lowest BCUT2D eigenvalue weighted by molar-refractivity contribution is 0.0794. The summed E-state index contributed by atoms with van der Waals surface area (Å²) in [6.45, 7) is 4.68. The molecule has 1 heterocycles. The van der Waals surface area contributed by atoms with E-state index in [4.69, 9.17) is 0 Å². The quantitative estimate of drug-likeness (QED) is 0.761. The monoisotopic (exact) mass is 181 g/mol. The number of rotatable bonds is 3. The molecule has 1 amide bonds. The topological polar surface area (TPSA) is 49.0 Å². The lowest BCUT2D eigenvalue weighted by atomic mass is 10.2. The summed E-state index contributed by atoms with van der Waals surface area (Å²) in [5.74, 6) is 0.0353. The van der Waals surface area contributed by atoms with Crippen LogP contribution in [0.4, 0.5) is 0 Å². The van der Waals surface area contributed by atoms with Gasteiger partial charge in [0.25, 0.3) is 5.91 Å². The summed E-state index contributed by atoms with van der Waals surface area (Å²) in [5.41, 5.74) is 1.49. The van der Waals surface area contributed by atoms with E-state index >= 15 is 0 Å². The number of carbonyl (C=O) groups excluding carboxylic acids is 1. The highest BCUT2D eigenvalue weighted by molar-refractivity contribution is 5.94. The molecule has 1 N–H and O–H groups in total. The van der Waals surface area contributed by atoms with Gasteiger partial charge < -0.3 is 4.90 Å². The zero-order chi connectivity index (χ0) is 9.84. The molecular weight excluding hydrogens is 166 g/mol. The first kappa shape index (κ1) is 9.77. The Balaban J connectivity index is 2.73. The smallest absolute Gasteiger partial charge is 0.257 e. The van der Waals surface area contributed by atoms with Crippen LogP contribution in [0.25, 0.3) is 0 Å². The molecular formula is C9H15N3O. The zero-order valence-electron chi connectivity index (χ0n) is 8.29. The van der Waals surface area contributed by atoms with Crippen LogP contribution >= 0.6 is 0 Å². The van der Waals surface area contributed by atoms with Gasteiger partial charge in [0, 0.05) is 19.3 Å². The Morgan fingerprint density at radius 3 is 2.85 bits per heavy atom. The van der Waals surface area contributed by atoms with Gasteiger partial charge in [0.05, 0.1) is 11.8 Å². The van der Waals surface area contributed by atoms with Crippen molar-refractivity contribution in [1.29, 1.82) is 0 Å². The number of H-pyrrole nitrogens is 1. The van der Waals surface area contributed by atoms with Crippen molar-refractivity contribution in [2.24, 2.45) is 0 Å². The fourth-order valence-corrected chi connectivity index (χ4v) is 1.21. The maximum Gasteiger partial charge on any atom is 0.257 e. The number of aromatic nitrogens is 2. The molecule has 4 nitrogen and oxygen atoms in total. The predicted molar refractivity (Wildman–Crippen MR) is 50.6 cm³/mol. The fraction of sp³-hybridized carbons (Fsp3) is 0.556. The Morgan fingerprint density at radius 2 is 2.38 bits per heavy atom. The van der Waals surface area contributed by atoms with Crippen LogP contribution in [0.15, 0.2) is 6.20 Å². The third-order valence-electron chi connectivity index (χ3n) is 1.97. The highest BCUT2D eigenvalue weighted by Gasteiger charge is 2.14.